The van der Waals surface area contributed by atoms with Gasteiger partial charge in [0, 0.05) is 19.1 Å². The molecule has 0 atom stereocenters. The Balaban J connectivity index is 3.72. The van der Waals surface area contributed by atoms with Crippen molar-refractivity contribution >= 4 is 17.8 Å². The maximum absolute atomic E-state index is 5.49. The molecule has 0 aromatic heterocycles. The zero-order valence-electron chi connectivity index (χ0n) is 5.19. The molecule has 0 spiro atoms. The second-order valence-electron chi connectivity index (χ2n) is 1.38. The summed E-state index contributed by atoms with van der Waals surface area (Å²) in [5, 5.41) is 0. The summed E-state index contributed by atoms with van der Waals surface area (Å²) in [6, 6.07) is 0. The van der Waals surface area contributed by atoms with Gasteiger partial charge in [0.05, 0.1) is 0 Å². The minimum atomic E-state index is 0.549. The maximum Gasteiger partial charge on any atom is 0.0485 e. The molecule has 0 aliphatic heterocycles. The van der Waals surface area contributed by atoms with Crippen LogP contribution in [-0.4, -0.2) is 19.1 Å². The van der Waals surface area contributed by atoms with Gasteiger partial charge >= 0.3 is 0 Å². The third-order valence-electron chi connectivity index (χ3n) is 0.820. The monoisotopic (exact) mass is 131 g/mol. The Kier molecular flexibility index (Phi) is 4.67. The van der Waals surface area contributed by atoms with Crippen LogP contribution in [0.25, 0.3) is 0 Å². The molecule has 46 valence electrons. The summed E-state index contributed by atoms with van der Waals surface area (Å²) in [6.45, 7) is 1.94. The molecule has 0 saturated heterocycles. The van der Waals surface area contributed by atoms with Gasteiger partial charge in [0.15, 0.2) is 0 Å². The lowest BCUT2D eigenvalue weighted by Crippen LogP contribution is -1.83. The predicted octanol–water partition coefficient (Wildman–Crippen LogP) is 1.87. The van der Waals surface area contributed by atoms with E-state index >= 15 is 0 Å². The molecule has 0 unspecified atom stereocenters. The molecule has 0 N–H and O–H groups in total. The van der Waals surface area contributed by atoms with Crippen LogP contribution in [0.4, 0.5) is 0 Å². The van der Waals surface area contributed by atoms with Crippen LogP contribution in [0.15, 0.2) is 16.6 Å². The van der Waals surface area contributed by atoms with Gasteiger partial charge in [-0.3, -0.25) is 4.99 Å². The molecule has 2 heteroatoms. The van der Waals surface area contributed by atoms with E-state index in [1.54, 1.807) is 13.3 Å². The summed E-state index contributed by atoms with van der Waals surface area (Å²) in [4.78, 5) is 3.80. The standard InChI is InChI=1S/C6H10ClN/c1-3-6(4-7)5-8-2/h3,5H,4H2,1-2H3. The Bertz CT molecular complexity index is 102. The molecule has 0 bridgehead atoms. The lowest BCUT2D eigenvalue weighted by Gasteiger charge is -1.87. The molecule has 1 nitrogen and oxygen atoms in total. The largest absolute Gasteiger partial charge is 0.296 e. The summed E-state index contributed by atoms with van der Waals surface area (Å²) >= 11 is 5.49. The van der Waals surface area contributed by atoms with Gasteiger partial charge in [0.2, 0.25) is 0 Å². The molecular formula is C6H10ClN. The lowest BCUT2D eigenvalue weighted by atomic mass is 10.3. The molecule has 0 aromatic carbocycles. The van der Waals surface area contributed by atoms with Crippen molar-refractivity contribution in [3.05, 3.63) is 11.6 Å². The minimum Gasteiger partial charge on any atom is -0.296 e. The van der Waals surface area contributed by atoms with Crippen molar-refractivity contribution in [1.29, 1.82) is 0 Å². The highest BCUT2D eigenvalue weighted by atomic mass is 35.5. The van der Waals surface area contributed by atoms with E-state index in [4.69, 9.17) is 11.6 Å². The lowest BCUT2D eigenvalue weighted by molar-refractivity contribution is 1.44. The van der Waals surface area contributed by atoms with E-state index in [1.807, 2.05) is 13.0 Å². The zero-order chi connectivity index (χ0) is 6.41. The highest BCUT2D eigenvalue weighted by Gasteiger charge is 1.82. The summed E-state index contributed by atoms with van der Waals surface area (Å²) in [5.41, 5.74) is 1.06. The molecule has 0 fully saturated rings. The second kappa shape index (κ2) is 4.85. The van der Waals surface area contributed by atoms with E-state index in [0.717, 1.165) is 5.57 Å². The van der Waals surface area contributed by atoms with Crippen LogP contribution in [0.5, 0.6) is 0 Å². The predicted molar refractivity (Wildman–Crippen MR) is 38.9 cm³/mol. The van der Waals surface area contributed by atoms with Crippen molar-refractivity contribution < 1.29 is 0 Å². The van der Waals surface area contributed by atoms with E-state index in [9.17, 15) is 0 Å². The average Bonchev–Trinajstić information content (AvgIpc) is 1.83. The summed E-state index contributed by atoms with van der Waals surface area (Å²) in [5.74, 6) is 0.549. The van der Waals surface area contributed by atoms with E-state index < -0.39 is 0 Å². The molecule has 0 amide bonds. The Morgan fingerprint density at radius 3 is 2.50 bits per heavy atom. The molecule has 0 aliphatic rings. The van der Waals surface area contributed by atoms with E-state index in [2.05, 4.69) is 4.99 Å². The smallest absolute Gasteiger partial charge is 0.0485 e. The molecule has 0 aliphatic carbocycles. The van der Waals surface area contributed by atoms with E-state index in [0.29, 0.717) is 5.88 Å². The molecule has 0 saturated carbocycles. The number of allylic oxidation sites excluding steroid dienone is 2. The molecule has 0 aromatic rings. The van der Waals surface area contributed by atoms with Crippen LogP contribution in [-0.2, 0) is 0 Å². The number of nitrogens with zero attached hydrogens (tertiary/aromatic N) is 1. The summed E-state index contributed by atoms with van der Waals surface area (Å²) < 4.78 is 0. The van der Waals surface area contributed by atoms with Crippen molar-refractivity contribution in [3.63, 3.8) is 0 Å². The Morgan fingerprint density at radius 1 is 1.75 bits per heavy atom. The third kappa shape index (κ3) is 2.80. The van der Waals surface area contributed by atoms with Crippen molar-refractivity contribution in [2.24, 2.45) is 4.99 Å². The van der Waals surface area contributed by atoms with Gasteiger partial charge in [-0.25, -0.2) is 0 Å². The maximum atomic E-state index is 5.49. The van der Waals surface area contributed by atoms with Crippen molar-refractivity contribution in [2.75, 3.05) is 12.9 Å². The number of halogens is 1. The highest BCUT2D eigenvalue weighted by molar-refractivity contribution is 6.21. The quantitative estimate of drug-likeness (QED) is 0.401. The molecule has 0 rings (SSSR count). The number of rotatable bonds is 2. The number of aliphatic imine (C=N–C) groups is 1. The van der Waals surface area contributed by atoms with Gasteiger partial charge < -0.3 is 0 Å². The Labute approximate surface area is 55.1 Å². The minimum absolute atomic E-state index is 0.549. The Morgan fingerprint density at radius 2 is 2.38 bits per heavy atom. The molecular weight excluding hydrogens is 122 g/mol. The molecule has 8 heavy (non-hydrogen) atoms. The van der Waals surface area contributed by atoms with Gasteiger partial charge in [0.25, 0.3) is 0 Å². The second-order valence-corrected chi connectivity index (χ2v) is 1.65. The van der Waals surface area contributed by atoms with E-state index in [1.165, 1.54) is 0 Å². The van der Waals surface area contributed by atoms with Crippen molar-refractivity contribution in [3.8, 4) is 0 Å². The zero-order valence-corrected chi connectivity index (χ0v) is 5.94. The number of hydrogen-bond donors (Lipinski definition) is 0. The third-order valence-corrected chi connectivity index (χ3v) is 1.13. The first kappa shape index (κ1) is 7.70. The Hall–Kier alpha value is -0.300. The summed E-state index contributed by atoms with van der Waals surface area (Å²) in [7, 11) is 1.73. The van der Waals surface area contributed by atoms with Crippen molar-refractivity contribution in [1.82, 2.24) is 0 Å². The van der Waals surface area contributed by atoms with E-state index in [-0.39, 0.29) is 0 Å². The fourth-order valence-corrected chi connectivity index (χ4v) is 0.575. The van der Waals surface area contributed by atoms with Crippen LogP contribution in [0.3, 0.4) is 0 Å². The van der Waals surface area contributed by atoms with Crippen LogP contribution >= 0.6 is 11.6 Å². The van der Waals surface area contributed by atoms with Crippen LogP contribution in [0.2, 0.25) is 0 Å². The van der Waals surface area contributed by atoms with Crippen LogP contribution in [0.1, 0.15) is 6.92 Å². The fraction of sp³-hybridized carbons (Fsp3) is 0.500. The molecule has 0 radical (unpaired) electrons. The van der Waals surface area contributed by atoms with Gasteiger partial charge in [-0.15, -0.1) is 11.6 Å². The number of hydrogen-bond acceptors (Lipinski definition) is 1. The van der Waals surface area contributed by atoms with Gasteiger partial charge in [-0.1, -0.05) is 6.08 Å². The van der Waals surface area contributed by atoms with Crippen LogP contribution < -0.4 is 0 Å². The van der Waals surface area contributed by atoms with Crippen molar-refractivity contribution in [2.45, 2.75) is 6.92 Å². The average molecular weight is 132 g/mol. The fourth-order valence-electron chi connectivity index (χ4n) is 0.352. The van der Waals surface area contributed by atoms with Gasteiger partial charge in [-0.2, -0.15) is 0 Å². The van der Waals surface area contributed by atoms with Gasteiger partial charge in [0.1, 0.15) is 0 Å². The normalized spacial score (nSPS) is 13.1. The molecule has 0 heterocycles. The first-order valence-corrected chi connectivity index (χ1v) is 3.02. The first-order chi connectivity index (χ1) is 3.85. The van der Waals surface area contributed by atoms with Gasteiger partial charge in [-0.05, 0) is 12.5 Å². The highest BCUT2D eigenvalue weighted by Crippen LogP contribution is 1.91. The first-order valence-electron chi connectivity index (χ1n) is 2.48. The SMILES string of the molecule is CC=C(C=NC)CCl. The van der Waals surface area contributed by atoms with Crippen LogP contribution in [0, 0.1) is 0 Å². The number of alkyl halides is 1. The summed E-state index contributed by atoms with van der Waals surface area (Å²) in [6.07, 6.45) is 3.70. The topological polar surface area (TPSA) is 12.4 Å².